The Kier molecular flexibility index (Phi) is 3.85. The van der Waals surface area contributed by atoms with E-state index in [1.54, 1.807) is 18.3 Å². The molecule has 0 atom stereocenters. The maximum atomic E-state index is 11.4. The SMILES string of the molecule is CC(C)C=NNC(=O)c1ccccc1. The van der Waals surface area contributed by atoms with Crippen molar-refractivity contribution >= 4 is 12.1 Å². The van der Waals surface area contributed by atoms with E-state index in [-0.39, 0.29) is 5.91 Å². The van der Waals surface area contributed by atoms with Crippen LogP contribution in [0.1, 0.15) is 24.2 Å². The zero-order valence-corrected chi connectivity index (χ0v) is 8.40. The number of amides is 1. The predicted octanol–water partition coefficient (Wildman–Crippen LogP) is 2.06. The van der Waals surface area contributed by atoms with Crippen molar-refractivity contribution in [1.29, 1.82) is 0 Å². The van der Waals surface area contributed by atoms with E-state index in [1.807, 2.05) is 32.0 Å². The fourth-order valence-electron chi connectivity index (χ4n) is 0.899. The summed E-state index contributed by atoms with van der Waals surface area (Å²) in [7, 11) is 0. The molecule has 74 valence electrons. The number of hydrazone groups is 1. The largest absolute Gasteiger partial charge is 0.271 e. The van der Waals surface area contributed by atoms with Gasteiger partial charge >= 0.3 is 0 Å². The quantitative estimate of drug-likeness (QED) is 0.575. The number of nitrogens with zero attached hydrogens (tertiary/aromatic N) is 1. The van der Waals surface area contributed by atoms with Crippen molar-refractivity contribution in [3.63, 3.8) is 0 Å². The third kappa shape index (κ3) is 3.39. The summed E-state index contributed by atoms with van der Waals surface area (Å²) in [4.78, 5) is 11.4. The van der Waals surface area contributed by atoms with Crippen LogP contribution in [0.3, 0.4) is 0 Å². The molecule has 0 spiro atoms. The van der Waals surface area contributed by atoms with E-state index in [0.717, 1.165) is 0 Å². The summed E-state index contributed by atoms with van der Waals surface area (Å²) in [6.45, 7) is 4.00. The van der Waals surface area contributed by atoms with E-state index >= 15 is 0 Å². The second-order valence-electron chi connectivity index (χ2n) is 3.33. The maximum absolute atomic E-state index is 11.4. The molecule has 1 aromatic carbocycles. The summed E-state index contributed by atoms with van der Waals surface area (Å²) in [6.07, 6.45) is 1.70. The van der Waals surface area contributed by atoms with Crippen LogP contribution in [0.2, 0.25) is 0 Å². The maximum Gasteiger partial charge on any atom is 0.271 e. The van der Waals surface area contributed by atoms with E-state index < -0.39 is 0 Å². The fraction of sp³-hybridized carbons (Fsp3) is 0.273. The van der Waals surface area contributed by atoms with Gasteiger partial charge in [0.05, 0.1) is 0 Å². The Labute approximate surface area is 83.8 Å². The predicted molar refractivity (Wildman–Crippen MR) is 57.2 cm³/mol. The number of hydrogen-bond acceptors (Lipinski definition) is 2. The van der Waals surface area contributed by atoms with Crippen molar-refractivity contribution in [2.24, 2.45) is 11.0 Å². The molecular formula is C11H14N2O. The first kappa shape index (κ1) is 10.4. The first-order valence-electron chi connectivity index (χ1n) is 4.58. The molecule has 0 aromatic heterocycles. The van der Waals surface area contributed by atoms with Crippen LogP contribution >= 0.6 is 0 Å². The molecule has 0 aliphatic heterocycles. The van der Waals surface area contributed by atoms with E-state index in [1.165, 1.54) is 0 Å². The molecule has 1 aromatic rings. The molecule has 0 aliphatic rings. The Hall–Kier alpha value is -1.64. The van der Waals surface area contributed by atoms with Crippen LogP contribution in [0.15, 0.2) is 35.4 Å². The van der Waals surface area contributed by atoms with Gasteiger partial charge in [0.1, 0.15) is 0 Å². The van der Waals surface area contributed by atoms with Crippen molar-refractivity contribution in [3.05, 3.63) is 35.9 Å². The number of benzene rings is 1. The van der Waals surface area contributed by atoms with Gasteiger partial charge in [-0.25, -0.2) is 5.43 Å². The summed E-state index contributed by atoms with van der Waals surface area (Å²) in [5, 5.41) is 3.82. The van der Waals surface area contributed by atoms with Gasteiger partial charge in [-0.15, -0.1) is 0 Å². The van der Waals surface area contributed by atoms with Gasteiger partial charge in [-0.05, 0) is 18.1 Å². The zero-order valence-electron chi connectivity index (χ0n) is 8.40. The molecule has 3 heteroatoms. The molecule has 0 fully saturated rings. The van der Waals surface area contributed by atoms with Crippen LogP contribution in [0.4, 0.5) is 0 Å². The van der Waals surface area contributed by atoms with E-state index in [4.69, 9.17) is 0 Å². The fourth-order valence-corrected chi connectivity index (χ4v) is 0.899. The van der Waals surface area contributed by atoms with Gasteiger partial charge in [-0.1, -0.05) is 32.0 Å². The highest BCUT2D eigenvalue weighted by molar-refractivity contribution is 5.94. The van der Waals surface area contributed by atoms with Gasteiger partial charge in [0.15, 0.2) is 0 Å². The van der Waals surface area contributed by atoms with Gasteiger partial charge in [-0.2, -0.15) is 5.10 Å². The standard InChI is InChI=1S/C11H14N2O/c1-9(2)8-12-13-11(14)10-6-4-3-5-7-10/h3-9H,1-2H3,(H,13,14). The van der Waals surface area contributed by atoms with Crippen molar-refractivity contribution in [2.75, 3.05) is 0 Å². The second-order valence-corrected chi connectivity index (χ2v) is 3.33. The summed E-state index contributed by atoms with van der Waals surface area (Å²) in [5.74, 6) is 0.161. The average Bonchev–Trinajstić information content (AvgIpc) is 2.18. The van der Waals surface area contributed by atoms with Gasteiger partial charge in [0.25, 0.3) is 5.91 Å². The molecule has 3 nitrogen and oxygen atoms in total. The Morgan fingerprint density at radius 2 is 2.00 bits per heavy atom. The molecule has 0 radical (unpaired) electrons. The second kappa shape index (κ2) is 5.17. The molecule has 0 aliphatic carbocycles. The molecule has 0 saturated heterocycles. The van der Waals surface area contributed by atoms with Gasteiger partial charge in [0, 0.05) is 11.8 Å². The highest BCUT2D eigenvalue weighted by atomic mass is 16.2. The van der Waals surface area contributed by atoms with Crippen molar-refractivity contribution < 1.29 is 4.79 Å². The monoisotopic (exact) mass is 190 g/mol. The molecule has 1 N–H and O–H groups in total. The van der Waals surface area contributed by atoms with Gasteiger partial charge in [0.2, 0.25) is 0 Å². The number of rotatable bonds is 3. The first-order chi connectivity index (χ1) is 6.70. The van der Waals surface area contributed by atoms with Crippen LogP contribution < -0.4 is 5.43 Å². The Morgan fingerprint density at radius 1 is 1.36 bits per heavy atom. The number of carbonyl (C=O) groups excluding carboxylic acids is 1. The lowest BCUT2D eigenvalue weighted by Gasteiger charge is -1.99. The minimum atomic E-state index is -0.178. The topological polar surface area (TPSA) is 41.5 Å². The molecule has 1 amide bonds. The lowest BCUT2D eigenvalue weighted by Crippen LogP contribution is -2.17. The lowest BCUT2D eigenvalue weighted by atomic mass is 10.2. The molecule has 14 heavy (non-hydrogen) atoms. The molecule has 0 saturated carbocycles. The average molecular weight is 190 g/mol. The van der Waals surface area contributed by atoms with Crippen molar-refractivity contribution in [3.8, 4) is 0 Å². The van der Waals surface area contributed by atoms with Gasteiger partial charge in [-0.3, -0.25) is 4.79 Å². The molecule has 1 rings (SSSR count). The van der Waals surface area contributed by atoms with Gasteiger partial charge < -0.3 is 0 Å². The molecular weight excluding hydrogens is 176 g/mol. The minimum Gasteiger partial charge on any atom is -0.267 e. The third-order valence-electron chi connectivity index (χ3n) is 1.57. The summed E-state index contributed by atoms with van der Waals surface area (Å²) in [6, 6.07) is 9.01. The number of hydrogen-bond donors (Lipinski definition) is 1. The molecule has 0 bridgehead atoms. The molecule has 0 unspecified atom stereocenters. The summed E-state index contributed by atoms with van der Waals surface area (Å²) < 4.78 is 0. The van der Waals surface area contributed by atoms with Crippen LogP contribution in [-0.2, 0) is 0 Å². The van der Waals surface area contributed by atoms with Crippen LogP contribution in [0, 0.1) is 5.92 Å². The van der Waals surface area contributed by atoms with Crippen LogP contribution in [0.25, 0.3) is 0 Å². The zero-order chi connectivity index (χ0) is 10.4. The van der Waals surface area contributed by atoms with E-state index in [2.05, 4.69) is 10.5 Å². The summed E-state index contributed by atoms with van der Waals surface area (Å²) in [5.41, 5.74) is 3.08. The Morgan fingerprint density at radius 3 is 2.57 bits per heavy atom. The number of nitrogens with one attached hydrogen (secondary N) is 1. The third-order valence-corrected chi connectivity index (χ3v) is 1.57. The first-order valence-corrected chi connectivity index (χ1v) is 4.58. The number of carbonyl (C=O) groups is 1. The van der Waals surface area contributed by atoms with E-state index in [0.29, 0.717) is 11.5 Å². The molecule has 0 heterocycles. The minimum absolute atomic E-state index is 0.178. The van der Waals surface area contributed by atoms with Crippen molar-refractivity contribution in [2.45, 2.75) is 13.8 Å². The van der Waals surface area contributed by atoms with E-state index in [9.17, 15) is 4.79 Å². The Balaban J connectivity index is 2.52. The lowest BCUT2D eigenvalue weighted by molar-refractivity contribution is 0.0955. The Bertz CT molecular complexity index is 317. The smallest absolute Gasteiger partial charge is 0.267 e. The highest BCUT2D eigenvalue weighted by Gasteiger charge is 2.01. The normalized spacial score (nSPS) is 10.8. The van der Waals surface area contributed by atoms with Crippen LogP contribution in [0.5, 0.6) is 0 Å². The summed E-state index contributed by atoms with van der Waals surface area (Å²) >= 11 is 0. The highest BCUT2D eigenvalue weighted by Crippen LogP contribution is 1.97. The van der Waals surface area contributed by atoms with Crippen LogP contribution in [-0.4, -0.2) is 12.1 Å². The van der Waals surface area contributed by atoms with Crippen molar-refractivity contribution in [1.82, 2.24) is 5.43 Å².